The second-order valence-electron chi connectivity index (χ2n) is 6.66. The Balaban J connectivity index is 1.72. The molecular weight excluding hydrogens is 348 g/mol. The van der Waals surface area contributed by atoms with Crippen molar-refractivity contribution in [1.29, 1.82) is 0 Å². The molecule has 0 saturated heterocycles. The molecule has 0 radical (unpaired) electrons. The summed E-state index contributed by atoms with van der Waals surface area (Å²) in [6.45, 7) is 0. The first kappa shape index (κ1) is 18.6. The molecule has 1 aromatic carbocycles. The lowest BCUT2D eigenvalue weighted by molar-refractivity contribution is 0.336. The number of aryl methyl sites for hydroxylation is 1. The molecule has 1 aromatic heterocycles. The van der Waals surface area contributed by atoms with Crippen molar-refractivity contribution in [1.82, 2.24) is 14.9 Å². The third kappa shape index (κ3) is 4.52. The predicted molar refractivity (Wildman–Crippen MR) is 105 cm³/mol. The van der Waals surface area contributed by atoms with Gasteiger partial charge in [0.2, 0.25) is 4.77 Å². The number of hydrogen-bond donors (Lipinski definition) is 1. The average Bonchev–Trinajstić information content (AvgIpc) is 3.04. The van der Waals surface area contributed by atoms with Gasteiger partial charge in [0.15, 0.2) is 17.3 Å². The van der Waals surface area contributed by atoms with E-state index in [2.05, 4.69) is 15.3 Å². The van der Waals surface area contributed by atoms with E-state index in [-0.39, 0.29) is 0 Å². The number of rotatable bonds is 7. The van der Waals surface area contributed by atoms with Gasteiger partial charge in [-0.05, 0) is 48.3 Å². The number of H-pyrrole nitrogens is 1. The molecule has 0 bridgehead atoms. The molecule has 2 aromatic rings. The van der Waals surface area contributed by atoms with Crippen LogP contribution in [0.4, 0.5) is 0 Å². The molecule has 1 aliphatic rings. The Morgan fingerprint density at radius 2 is 2.00 bits per heavy atom. The van der Waals surface area contributed by atoms with Crippen LogP contribution in [0.2, 0.25) is 0 Å². The maximum absolute atomic E-state index is 5.33. The van der Waals surface area contributed by atoms with Crippen molar-refractivity contribution < 1.29 is 9.47 Å². The first-order valence-corrected chi connectivity index (χ1v) is 9.54. The molecule has 0 unspecified atom stereocenters. The SMILES string of the molecule is COc1ccc(/C=N\n2c(CCC3CCCCC3)n[nH]c2=S)cc1OC. The van der Waals surface area contributed by atoms with Crippen LogP contribution in [0.1, 0.15) is 49.9 Å². The third-order valence-corrected chi connectivity index (χ3v) is 5.21. The van der Waals surface area contributed by atoms with Gasteiger partial charge in [0.25, 0.3) is 0 Å². The summed E-state index contributed by atoms with van der Waals surface area (Å²) in [5, 5.41) is 11.7. The Labute approximate surface area is 159 Å². The third-order valence-electron chi connectivity index (χ3n) is 4.95. The summed E-state index contributed by atoms with van der Waals surface area (Å²) in [6, 6.07) is 5.67. The molecule has 6 nitrogen and oxygen atoms in total. The first-order valence-electron chi connectivity index (χ1n) is 9.14. The van der Waals surface area contributed by atoms with Gasteiger partial charge in [-0.25, -0.2) is 0 Å². The molecular formula is C19H26N4O2S. The molecule has 3 rings (SSSR count). The van der Waals surface area contributed by atoms with E-state index in [1.807, 2.05) is 18.2 Å². The second kappa shape index (κ2) is 8.98. The van der Waals surface area contributed by atoms with Crippen molar-refractivity contribution in [3.63, 3.8) is 0 Å². The minimum atomic E-state index is 0.514. The number of methoxy groups -OCH3 is 2. The van der Waals surface area contributed by atoms with Crippen LogP contribution >= 0.6 is 12.2 Å². The normalized spacial score (nSPS) is 15.5. The second-order valence-corrected chi connectivity index (χ2v) is 7.05. The van der Waals surface area contributed by atoms with Gasteiger partial charge >= 0.3 is 0 Å². The van der Waals surface area contributed by atoms with Gasteiger partial charge in [0.05, 0.1) is 20.4 Å². The number of aromatic nitrogens is 3. The standard InChI is InChI=1S/C19H26N4O2S/c1-24-16-10-8-15(12-17(16)25-2)13-20-23-18(21-22-19(23)26)11-9-14-6-4-3-5-7-14/h8,10,12-14H,3-7,9,11H2,1-2H3,(H,22,26)/b20-13-. The topological polar surface area (TPSA) is 64.4 Å². The lowest BCUT2D eigenvalue weighted by atomic mass is 9.86. The minimum absolute atomic E-state index is 0.514. The van der Waals surface area contributed by atoms with Crippen molar-refractivity contribution in [3.8, 4) is 11.5 Å². The predicted octanol–water partition coefficient (Wildman–Crippen LogP) is 4.35. The Bertz CT molecular complexity index is 806. The van der Waals surface area contributed by atoms with Crippen LogP contribution in [0.3, 0.4) is 0 Å². The fraction of sp³-hybridized carbons (Fsp3) is 0.526. The van der Waals surface area contributed by atoms with E-state index >= 15 is 0 Å². The Kier molecular flexibility index (Phi) is 6.44. The molecule has 0 atom stereocenters. The molecule has 7 heteroatoms. The quantitative estimate of drug-likeness (QED) is 0.578. The van der Waals surface area contributed by atoms with E-state index in [1.165, 1.54) is 32.1 Å². The van der Waals surface area contributed by atoms with Crippen LogP contribution in [0.25, 0.3) is 0 Å². The van der Waals surface area contributed by atoms with Crippen LogP contribution in [0.15, 0.2) is 23.3 Å². The molecule has 0 aliphatic heterocycles. The summed E-state index contributed by atoms with van der Waals surface area (Å²) < 4.78 is 12.8. The molecule has 1 heterocycles. The summed E-state index contributed by atoms with van der Waals surface area (Å²) in [4.78, 5) is 0. The van der Waals surface area contributed by atoms with Gasteiger partial charge in [-0.1, -0.05) is 32.1 Å². The van der Waals surface area contributed by atoms with Gasteiger partial charge in [-0.2, -0.15) is 14.9 Å². The Morgan fingerprint density at radius 1 is 1.23 bits per heavy atom. The van der Waals surface area contributed by atoms with E-state index in [0.29, 0.717) is 16.3 Å². The lowest BCUT2D eigenvalue weighted by Gasteiger charge is -2.20. The van der Waals surface area contributed by atoms with Crippen molar-refractivity contribution in [2.45, 2.75) is 44.9 Å². The molecule has 1 N–H and O–H groups in total. The van der Waals surface area contributed by atoms with Crippen LogP contribution < -0.4 is 9.47 Å². The molecule has 0 amide bonds. The summed E-state index contributed by atoms with van der Waals surface area (Å²) in [7, 11) is 3.24. The van der Waals surface area contributed by atoms with Gasteiger partial charge in [-0.15, -0.1) is 0 Å². The summed E-state index contributed by atoms with van der Waals surface area (Å²) in [6.07, 6.45) is 10.6. The van der Waals surface area contributed by atoms with Crippen molar-refractivity contribution >= 4 is 18.4 Å². The van der Waals surface area contributed by atoms with Crippen molar-refractivity contribution in [2.24, 2.45) is 11.0 Å². The monoisotopic (exact) mass is 374 g/mol. The van der Waals surface area contributed by atoms with Crippen LogP contribution in [-0.2, 0) is 6.42 Å². The van der Waals surface area contributed by atoms with Crippen LogP contribution in [0.5, 0.6) is 11.5 Å². The van der Waals surface area contributed by atoms with E-state index in [1.54, 1.807) is 25.1 Å². The van der Waals surface area contributed by atoms with Crippen molar-refractivity contribution in [3.05, 3.63) is 34.4 Å². The number of ether oxygens (including phenoxy) is 2. The largest absolute Gasteiger partial charge is 0.493 e. The number of aromatic amines is 1. The average molecular weight is 375 g/mol. The van der Waals surface area contributed by atoms with Crippen molar-refractivity contribution in [2.75, 3.05) is 14.2 Å². The fourth-order valence-electron chi connectivity index (χ4n) is 3.47. The van der Waals surface area contributed by atoms with E-state index < -0.39 is 0 Å². The fourth-order valence-corrected chi connectivity index (χ4v) is 3.67. The highest BCUT2D eigenvalue weighted by atomic mass is 32.1. The van der Waals surface area contributed by atoms with E-state index in [9.17, 15) is 0 Å². The highest BCUT2D eigenvalue weighted by Gasteiger charge is 2.15. The summed E-state index contributed by atoms with van der Waals surface area (Å²) in [5.74, 6) is 3.05. The van der Waals surface area contributed by atoms with E-state index in [0.717, 1.165) is 30.1 Å². The number of nitrogens with one attached hydrogen (secondary N) is 1. The van der Waals surface area contributed by atoms with Crippen LogP contribution in [-0.4, -0.2) is 35.3 Å². The van der Waals surface area contributed by atoms with E-state index in [4.69, 9.17) is 21.7 Å². The Morgan fingerprint density at radius 3 is 2.73 bits per heavy atom. The molecule has 1 fully saturated rings. The lowest BCUT2D eigenvalue weighted by Crippen LogP contribution is -2.09. The zero-order valence-electron chi connectivity index (χ0n) is 15.4. The molecule has 140 valence electrons. The molecule has 26 heavy (non-hydrogen) atoms. The zero-order chi connectivity index (χ0) is 18.4. The number of hydrogen-bond acceptors (Lipinski definition) is 5. The van der Waals surface area contributed by atoms with Gasteiger partial charge < -0.3 is 9.47 Å². The number of benzene rings is 1. The summed E-state index contributed by atoms with van der Waals surface area (Å²) in [5.41, 5.74) is 0.906. The van der Waals surface area contributed by atoms with Crippen LogP contribution in [0, 0.1) is 10.7 Å². The molecule has 1 aliphatic carbocycles. The first-order chi connectivity index (χ1) is 12.7. The van der Waals surface area contributed by atoms with Gasteiger partial charge in [0.1, 0.15) is 0 Å². The maximum Gasteiger partial charge on any atom is 0.216 e. The molecule has 1 saturated carbocycles. The van der Waals surface area contributed by atoms with Gasteiger partial charge in [0, 0.05) is 6.42 Å². The minimum Gasteiger partial charge on any atom is -0.493 e. The Hall–Kier alpha value is -2.15. The zero-order valence-corrected chi connectivity index (χ0v) is 16.2. The maximum atomic E-state index is 5.33. The number of nitrogens with zero attached hydrogens (tertiary/aromatic N) is 3. The highest BCUT2D eigenvalue weighted by Crippen LogP contribution is 2.28. The smallest absolute Gasteiger partial charge is 0.216 e. The highest BCUT2D eigenvalue weighted by molar-refractivity contribution is 7.71. The van der Waals surface area contributed by atoms with Gasteiger partial charge in [-0.3, -0.25) is 5.10 Å². The molecule has 0 spiro atoms. The summed E-state index contributed by atoms with van der Waals surface area (Å²) >= 11 is 5.33.